The first-order valence-electron chi connectivity index (χ1n) is 5.62. The van der Waals surface area contributed by atoms with E-state index in [-0.39, 0.29) is 17.5 Å². The second-order valence-corrected chi connectivity index (χ2v) is 4.72. The van der Waals surface area contributed by atoms with Gasteiger partial charge in [-0.3, -0.25) is 4.79 Å². The fraction of sp³-hybridized carbons (Fsp3) is 0.909. The molecule has 1 amide bonds. The van der Waals surface area contributed by atoms with E-state index in [0.717, 1.165) is 25.7 Å². The van der Waals surface area contributed by atoms with E-state index < -0.39 is 0 Å². The molecule has 1 unspecified atom stereocenters. The quantitative estimate of drug-likeness (QED) is 0.704. The molecule has 0 aromatic heterocycles. The highest BCUT2D eigenvalue weighted by Crippen LogP contribution is 2.30. The van der Waals surface area contributed by atoms with Crippen LogP contribution in [0.25, 0.3) is 0 Å². The van der Waals surface area contributed by atoms with Crippen LogP contribution in [0.4, 0.5) is 0 Å². The average molecular weight is 198 g/mol. The van der Waals surface area contributed by atoms with Gasteiger partial charge in [-0.15, -0.1) is 0 Å². The number of carbonyl (C=O) groups is 1. The Morgan fingerprint density at radius 1 is 1.57 bits per heavy atom. The second kappa shape index (κ2) is 4.78. The molecule has 1 fully saturated rings. The molecule has 3 nitrogen and oxygen atoms in total. The van der Waals surface area contributed by atoms with E-state index in [9.17, 15) is 4.79 Å². The summed E-state index contributed by atoms with van der Waals surface area (Å²) in [5.74, 6) is 0.119. The first kappa shape index (κ1) is 11.5. The number of amides is 1. The fourth-order valence-corrected chi connectivity index (χ4v) is 1.93. The molecule has 1 saturated carbocycles. The van der Waals surface area contributed by atoms with Gasteiger partial charge in [0.1, 0.15) is 0 Å². The summed E-state index contributed by atoms with van der Waals surface area (Å²) in [6.07, 6.45) is 5.92. The molecule has 0 heterocycles. The number of rotatable bonds is 5. The second-order valence-electron chi connectivity index (χ2n) is 4.72. The molecule has 1 aliphatic carbocycles. The smallest absolute Gasteiger partial charge is 0.221 e. The summed E-state index contributed by atoms with van der Waals surface area (Å²) in [5, 5.41) is 3.06. The maximum atomic E-state index is 11.5. The maximum Gasteiger partial charge on any atom is 0.221 e. The molecule has 3 heteroatoms. The zero-order valence-corrected chi connectivity index (χ0v) is 9.31. The Morgan fingerprint density at radius 3 is 2.64 bits per heavy atom. The third-order valence-corrected chi connectivity index (χ3v) is 3.01. The molecular weight excluding hydrogens is 176 g/mol. The van der Waals surface area contributed by atoms with Gasteiger partial charge in [-0.1, -0.05) is 13.3 Å². The Kier molecular flexibility index (Phi) is 3.93. The Bertz CT molecular complexity index is 199. The minimum Gasteiger partial charge on any atom is -0.351 e. The number of hydrogen-bond acceptors (Lipinski definition) is 2. The monoisotopic (exact) mass is 198 g/mol. The van der Waals surface area contributed by atoms with Crippen molar-refractivity contribution in [3.05, 3.63) is 0 Å². The summed E-state index contributed by atoms with van der Waals surface area (Å²) in [6.45, 7) is 4.20. The number of nitrogens with one attached hydrogen (secondary N) is 1. The lowest BCUT2D eigenvalue weighted by Crippen LogP contribution is -2.51. The topological polar surface area (TPSA) is 55.1 Å². The molecule has 0 spiro atoms. The van der Waals surface area contributed by atoms with Crippen molar-refractivity contribution < 1.29 is 4.79 Å². The number of carbonyl (C=O) groups excluding carboxylic acids is 1. The third-order valence-electron chi connectivity index (χ3n) is 3.01. The van der Waals surface area contributed by atoms with E-state index >= 15 is 0 Å². The van der Waals surface area contributed by atoms with Crippen LogP contribution >= 0.6 is 0 Å². The van der Waals surface area contributed by atoms with E-state index in [1.54, 1.807) is 0 Å². The first-order valence-corrected chi connectivity index (χ1v) is 5.62. The van der Waals surface area contributed by atoms with Gasteiger partial charge >= 0.3 is 0 Å². The summed E-state index contributed by atoms with van der Waals surface area (Å²) in [5.41, 5.74) is 5.88. The highest BCUT2D eigenvalue weighted by Gasteiger charge is 2.33. The Balaban J connectivity index is 2.21. The van der Waals surface area contributed by atoms with Crippen LogP contribution in [0.1, 0.15) is 52.4 Å². The summed E-state index contributed by atoms with van der Waals surface area (Å²) >= 11 is 0. The lowest BCUT2D eigenvalue weighted by Gasteiger charge is -2.39. The van der Waals surface area contributed by atoms with Gasteiger partial charge in [0.05, 0.1) is 0 Å². The molecule has 14 heavy (non-hydrogen) atoms. The molecule has 82 valence electrons. The fourth-order valence-electron chi connectivity index (χ4n) is 1.93. The third kappa shape index (κ3) is 3.29. The van der Waals surface area contributed by atoms with E-state index in [1.807, 2.05) is 0 Å². The van der Waals surface area contributed by atoms with Gasteiger partial charge in [0.25, 0.3) is 0 Å². The summed E-state index contributed by atoms with van der Waals surface area (Å²) in [6, 6.07) is 0.0312. The van der Waals surface area contributed by atoms with E-state index in [1.165, 1.54) is 6.42 Å². The van der Waals surface area contributed by atoms with Crippen molar-refractivity contribution in [2.24, 2.45) is 5.73 Å². The predicted molar refractivity (Wildman–Crippen MR) is 57.9 cm³/mol. The molecule has 0 saturated heterocycles. The van der Waals surface area contributed by atoms with E-state index in [2.05, 4.69) is 19.2 Å². The van der Waals surface area contributed by atoms with Gasteiger partial charge in [0.2, 0.25) is 5.91 Å². The van der Waals surface area contributed by atoms with Gasteiger partial charge in [-0.05, 0) is 32.6 Å². The van der Waals surface area contributed by atoms with Crippen molar-refractivity contribution in [3.8, 4) is 0 Å². The van der Waals surface area contributed by atoms with Crippen LogP contribution < -0.4 is 11.1 Å². The van der Waals surface area contributed by atoms with Crippen molar-refractivity contribution in [2.45, 2.75) is 64.0 Å². The lowest BCUT2D eigenvalue weighted by molar-refractivity contribution is -0.124. The predicted octanol–water partition coefficient (Wildman–Crippen LogP) is 1.56. The Labute approximate surface area is 86.4 Å². The van der Waals surface area contributed by atoms with Crippen molar-refractivity contribution in [3.63, 3.8) is 0 Å². The normalized spacial score (nSPS) is 21.1. The van der Waals surface area contributed by atoms with Crippen LogP contribution in [-0.4, -0.2) is 17.5 Å². The SMILES string of the molecule is CCCC(N)CC(=O)NC1(C)CCC1. The van der Waals surface area contributed by atoms with Crippen molar-refractivity contribution in [1.82, 2.24) is 5.32 Å². The minimum absolute atomic E-state index is 0.0312. The molecule has 0 aromatic rings. The zero-order chi connectivity index (χ0) is 10.6. The van der Waals surface area contributed by atoms with E-state index in [4.69, 9.17) is 5.73 Å². The van der Waals surface area contributed by atoms with Crippen LogP contribution in [0.2, 0.25) is 0 Å². The molecule has 1 rings (SSSR count). The molecular formula is C11H22N2O. The molecule has 0 aliphatic heterocycles. The molecule has 0 radical (unpaired) electrons. The summed E-state index contributed by atoms with van der Waals surface area (Å²) in [4.78, 5) is 11.5. The molecule has 1 aliphatic rings. The lowest BCUT2D eigenvalue weighted by atomic mass is 9.78. The summed E-state index contributed by atoms with van der Waals surface area (Å²) in [7, 11) is 0. The molecule has 3 N–H and O–H groups in total. The Hall–Kier alpha value is -0.570. The van der Waals surface area contributed by atoms with Gasteiger partial charge in [0.15, 0.2) is 0 Å². The van der Waals surface area contributed by atoms with Gasteiger partial charge in [-0.25, -0.2) is 0 Å². The maximum absolute atomic E-state index is 11.5. The largest absolute Gasteiger partial charge is 0.351 e. The minimum atomic E-state index is 0.0312. The van der Waals surface area contributed by atoms with Crippen molar-refractivity contribution in [1.29, 1.82) is 0 Å². The van der Waals surface area contributed by atoms with Gasteiger partial charge in [0, 0.05) is 18.0 Å². The van der Waals surface area contributed by atoms with Crippen LogP contribution in [-0.2, 0) is 4.79 Å². The van der Waals surface area contributed by atoms with Crippen LogP contribution in [0.3, 0.4) is 0 Å². The first-order chi connectivity index (χ1) is 6.56. The molecule has 0 aromatic carbocycles. The van der Waals surface area contributed by atoms with Crippen LogP contribution in [0.15, 0.2) is 0 Å². The number of hydrogen-bond donors (Lipinski definition) is 2. The molecule has 0 bridgehead atoms. The van der Waals surface area contributed by atoms with Crippen LogP contribution in [0.5, 0.6) is 0 Å². The highest BCUT2D eigenvalue weighted by molar-refractivity contribution is 5.77. The van der Waals surface area contributed by atoms with Gasteiger partial charge < -0.3 is 11.1 Å². The van der Waals surface area contributed by atoms with Crippen molar-refractivity contribution >= 4 is 5.91 Å². The average Bonchev–Trinajstić information content (AvgIpc) is 2.01. The highest BCUT2D eigenvalue weighted by atomic mass is 16.1. The summed E-state index contributed by atoms with van der Waals surface area (Å²) < 4.78 is 0. The molecule has 1 atom stereocenters. The van der Waals surface area contributed by atoms with Crippen molar-refractivity contribution in [2.75, 3.05) is 0 Å². The standard InChI is InChI=1S/C11H22N2O/c1-3-5-9(12)8-10(14)13-11(2)6-4-7-11/h9H,3-8,12H2,1-2H3,(H,13,14). The van der Waals surface area contributed by atoms with Crippen LogP contribution in [0, 0.1) is 0 Å². The van der Waals surface area contributed by atoms with E-state index in [0.29, 0.717) is 6.42 Å². The Morgan fingerprint density at radius 2 is 2.21 bits per heavy atom. The number of nitrogens with two attached hydrogens (primary N) is 1. The zero-order valence-electron chi connectivity index (χ0n) is 9.31. The van der Waals surface area contributed by atoms with Gasteiger partial charge in [-0.2, -0.15) is 0 Å².